The number of rotatable bonds is 4. The van der Waals surface area contributed by atoms with Crippen LogP contribution in [0.15, 0.2) is 6.33 Å². The molecule has 0 spiro atoms. The number of aliphatic carboxylic acids is 1. The van der Waals surface area contributed by atoms with E-state index in [2.05, 4.69) is 15.4 Å². The summed E-state index contributed by atoms with van der Waals surface area (Å²) in [5.74, 6) is -0.591. The number of urea groups is 1. The monoisotopic (exact) mass is 283 g/mol. The summed E-state index contributed by atoms with van der Waals surface area (Å²) >= 11 is 0. The van der Waals surface area contributed by atoms with Crippen molar-refractivity contribution in [2.45, 2.75) is 18.9 Å². The Labute approximate surface area is 115 Å². The number of hydrogen-bond donors (Lipinski definition) is 2. The molecular formula is C11H17N5O4. The third kappa shape index (κ3) is 3.67. The molecule has 0 atom stereocenters. The van der Waals surface area contributed by atoms with E-state index in [1.807, 2.05) is 0 Å². The van der Waals surface area contributed by atoms with E-state index in [9.17, 15) is 9.59 Å². The van der Waals surface area contributed by atoms with Gasteiger partial charge in [-0.25, -0.2) is 14.3 Å². The first kappa shape index (κ1) is 14.3. The molecule has 9 nitrogen and oxygen atoms in total. The Morgan fingerprint density at radius 1 is 1.50 bits per heavy atom. The van der Waals surface area contributed by atoms with Crippen LogP contribution in [0.4, 0.5) is 10.7 Å². The molecule has 2 heterocycles. The van der Waals surface area contributed by atoms with Crippen LogP contribution in [-0.4, -0.2) is 62.6 Å². The van der Waals surface area contributed by atoms with Gasteiger partial charge in [0.25, 0.3) is 0 Å². The Bertz CT molecular complexity index is 481. The number of amides is 2. The number of hydrogen-bond acceptors (Lipinski definition) is 5. The fraction of sp³-hybridized carbons (Fsp3) is 0.636. The second kappa shape index (κ2) is 6.33. The number of anilines is 1. The molecule has 0 radical (unpaired) electrons. The van der Waals surface area contributed by atoms with Crippen LogP contribution < -0.4 is 5.32 Å². The molecule has 0 unspecified atom stereocenters. The van der Waals surface area contributed by atoms with Gasteiger partial charge in [-0.1, -0.05) is 0 Å². The summed E-state index contributed by atoms with van der Waals surface area (Å²) in [5.41, 5.74) is 0. The number of aromatic nitrogens is 3. The molecule has 0 aromatic carbocycles. The first-order valence-corrected chi connectivity index (χ1v) is 6.29. The van der Waals surface area contributed by atoms with Crippen molar-refractivity contribution in [1.29, 1.82) is 0 Å². The molecular weight excluding hydrogens is 266 g/mol. The van der Waals surface area contributed by atoms with Crippen LogP contribution in [0.2, 0.25) is 0 Å². The van der Waals surface area contributed by atoms with Crippen molar-refractivity contribution in [1.82, 2.24) is 19.7 Å². The summed E-state index contributed by atoms with van der Waals surface area (Å²) in [4.78, 5) is 28.0. The van der Waals surface area contributed by atoms with Gasteiger partial charge in [0.05, 0.1) is 6.10 Å². The Kier molecular flexibility index (Phi) is 4.51. The van der Waals surface area contributed by atoms with Gasteiger partial charge in [-0.3, -0.25) is 5.32 Å². The van der Waals surface area contributed by atoms with Crippen LogP contribution in [0.1, 0.15) is 12.8 Å². The molecule has 2 amide bonds. The summed E-state index contributed by atoms with van der Waals surface area (Å²) in [7, 11) is 1.69. The summed E-state index contributed by atoms with van der Waals surface area (Å²) in [5, 5.41) is 15.1. The molecule has 1 aliphatic heterocycles. The Morgan fingerprint density at radius 3 is 2.75 bits per heavy atom. The van der Waals surface area contributed by atoms with Crippen molar-refractivity contribution in [3.8, 4) is 0 Å². The van der Waals surface area contributed by atoms with Gasteiger partial charge in [0.1, 0.15) is 12.9 Å². The SMILES string of the molecule is Cn1ncnc1NC(=O)N1CCC(OCC(=O)O)CC1. The average molecular weight is 283 g/mol. The van der Waals surface area contributed by atoms with E-state index in [4.69, 9.17) is 9.84 Å². The Morgan fingerprint density at radius 2 is 2.20 bits per heavy atom. The van der Waals surface area contributed by atoms with Crippen molar-refractivity contribution in [3.05, 3.63) is 6.33 Å². The maximum atomic E-state index is 12.0. The minimum absolute atomic E-state index is 0.107. The molecule has 0 bridgehead atoms. The van der Waals surface area contributed by atoms with Gasteiger partial charge in [-0.2, -0.15) is 10.1 Å². The quantitative estimate of drug-likeness (QED) is 0.799. The highest BCUT2D eigenvalue weighted by Gasteiger charge is 2.24. The van der Waals surface area contributed by atoms with Crippen LogP contribution in [-0.2, 0) is 16.6 Å². The Hall–Kier alpha value is -2.16. The molecule has 1 fully saturated rings. The Balaban J connectivity index is 1.77. The molecule has 1 aromatic rings. The van der Waals surface area contributed by atoms with E-state index in [-0.39, 0.29) is 18.7 Å². The largest absolute Gasteiger partial charge is 0.480 e. The number of piperidine rings is 1. The normalized spacial score (nSPS) is 16.1. The van der Waals surface area contributed by atoms with E-state index in [1.54, 1.807) is 11.9 Å². The maximum absolute atomic E-state index is 12.0. The van der Waals surface area contributed by atoms with Crippen molar-refractivity contribution in [3.63, 3.8) is 0 Å². The van der Waals surface area contributed by atoms with Gasteiger partial charge in [0.15, 0.2) is 0 Å². The second-order valence-corrected chi connectivity index (χ2v) is 4.53. The minimum atomic E-state index is -0.979. The molecule has 2 N–H and O–H groups in total. The smallest absolute Gasteiger partial charge is 0.329 e. The topological polar surface area (TPSA) is 110 Å². The zero-order valence-electron chi connectivity index (χ0n) is 11.2. The molecule has 1 aliphatic rings. The summed E-state index contributed by atoms with van der Waals surface area (Å²) in [6.07, 6.45) is 2.51. The predicted octanol–water partition coefficient (Wildman–Crippen LogP) is -0.0874. The fourth-order valence-corrected chi connectivity index (χ4v) is 2.00. The summed E-state index contributed by atoms with van der Waals surface area (Å²) < 4.78 is 6.69. The molecule has 2 rings (SSSR count). The predicted molar refractivity (Wildman–Crippen MR) is 68.2 cm³/mol. The van der Waals surface area contributed by atoms with Crippen LogP contribution in [0.5, 0.6) is 0 Å². The highest BCUT2D eigenvalue weighted by molar-refractivity contribution is 5.87. The molecule has 20 heavy (non-hydrogen) atoms. The van der Waals surface area contributed by atoms with Crippen molar-refractivity contribution in [2.24, 2.45) is 7.05 Å². The van der Waals surface area contributed by atoms with Crippen LogP contribution >= 0.6 is 0 Å². The average Bonchev–Trinajstić information content (AvgIpc) is 2.82. The fourth-order valence-electron chi connectivity index (χ4n) is 2.00. The first-order valence-electron chi connectivity index (χ1n) is 6.29. The lowest BCUT2D eigenvalue weighted by atomic mass is 10.1. The van der Waals surface area contributed by atoms with Crippen molar-refractivity contribution >= 4 is 17.9 Å². The second-order valence-electron chi connectivity index (χ2n) is 4.53. The number of carboxylic acid groups (broad SMARTS) is 1. The standard InChI is InChI=1S/C11H17N5O4/c1-15-10(12-7-13-15)14-11(19)16-4-2-8(3-5-16)20-6-9(17)18/h7-8H,2-6H2,1H3,(H,17,18)(H,12,13,14,19). The zero-order valence-corrected chi connectivity index (χ0v) is 11.2. The van der Waals surface area contributed by atoms with Crippen LogP contribution in [0, 0.1) is 0 Å². The van der Waals surface area contributed by atoms with E-state index in [0.717, 1.165) is 0 Å². The van der Waals surface area contributed by atoms with Gasteiger partial charge in [-0.05, 0) is 12.8 Å². The van der Waals surface area contributed by atoms with E-state index < -0.39 is 5.97 Å². The van der Waals surface area contributed by atoms with Gasteiger partial charge >= 0.3 is 12.0 Å². The van der Waals surface area contributed by atoms with E-state index in [0.29, 0.717) is 31.9 Å². The third-order valence-corrected chi connectivity index (χ3v) is 3.10. The highest BCUT2D eigenvalue weighted by atomic mass is 16.5. The number of aryl methyl sites for hydroxylation is 1. The first-order chi connectivity index (χ1) is 9.56. The van der Waals surface area contributed by atoms with Gasteiger partial charge in [-0.15, -0.1) is 0 Å². The molecule has 0 saturated carbocycles. The molecule has 0 aliphatic carbocycles. The van der Waals surface area contributed by atoms with Crippen LogP contribution in [0.3, 0.4) is 0 Å². The van der Waals surface area contributed by atoms with E-state index in [1.165, 1.54) is 11.0 Å². The molecule has 110 valence electrons. The number of nitrogens with zero attached hydrogens (tertiary/aromatic N) is 4. The highest BCUT2D eigenvalue weighted by Crippen LogP contribution is 2.14. The number of carboxylic acids is 1. The lowest BCUT2D eigenvalue weighted by Gasteiger charge is -2.31. The summed E-state index contributed by atoms with van der Waals surface area (Å²) in [6.45, 7) is 0.748. The third-order valence-electron chi connectivity index (χ3n) is 3.10. The zero-order chi connectivity index (χ0) is 14.5. The summed E-state index contributed by atoms with van der Waals surface area (Å²) in [6, 6.07) is -0.238. The van der Waals surface area contributed by atoms with Crippen LogP contribution in [0.25, 0.3) is 0 Å². The minimum Gasteiger partial charge on any atom is -0.480 e. The number of carbonyl (C=O) groups excluding carboxylic acids is 1. The molecule has 1 aromatic heterocycles. The van der Waals surface area contributed by atoms with Crippen molar-refractivity contribution < 1.29 is 19.4 Å². The lowest BCUT2D eigenvalue weighted by molar-refractivity contribution is -0.145. The lowest BCUT2D eigenvalue weighted by Crippen LogP contribution is -2.43. The molecule has 9 heteroatoms. The maximum Gasteiger partial charge on any atom is 0.329 e. The number of likely N-dealkylation sites (tertiary alicyclic amines) is 1. The van der Waals surface area contributed by atoms with Crippen molar-refractivity contribution in [2.75, 3.05) is 25.0 Å². The molecule has 1 saturated heterocycles. The number of carbonyl (C=O) groups is 2. The van der Waals surface area contributed by atoms with Gasteiger partial charge < -0.3 is 14.7 Å². The number of nitrogens with one attached hydrogen (secondary N) is 1. The van der Waals surface area contributed by atoms with E-state index >= 15 is 0 Å². The van der Waals surface area contributed by atoms with Gasteiger partial charge in [0.2, 0.25) is 5.95 Å². The number of ether oxygens (including phenoxy) is 1. The van der Waals surface area contributed by atoms with Gasteiger partial charge in [0, 0.05) is 20.1 Å².